The van der Waals surface area contributed by atoms with E-state index in [-0.39, 0.29) is 11.7 Å². The van der Waals surface area contributed by atoms with Crippen LogP contribution in [0.1, 0.15) is 24.0 Å². The summed E-state index contributed by atoms with van der Waals surface area (Å²) in [4.78, 5) is 2.13. The Kier molecular flexibility index (Phi) is 3.92. The molecule has 0 spiro atoms. The molecule has 92 valence electrons. The Balaban J connectivity index is 2.02. The van der Waals surface area contributed by atoms with Crippen LogP contribution in [0, 0.1) is 34.4 Å². The van der Waals surface area contributed by atoms with E-state index < -0.39 is 0 Å². The second kappa shape index (κ2) is 5.62. The number of rotatable bonds is 2. The second-order valence-corrected chi connectivity index (χ2v) is 4.60. The predicted octanol–water partition coefficient (Wildman–Crippen LogP) is 2.43. The molecule has 0 bridgehead atoms. The highest BCUT2D eigenvalue weighted by molar-refractivity contribution is 5.33. The fraction of sp³-hybridized carbons (Fsp3) is 0.429. The second-order valence-electron chi connectivity index (χ2n) is 4.60. The van der Waals surface area contributed by atoms with Crippen LogP contribution in [0.15, 0.2) is 18.2 Å². The smallest absolute Gasteiger partial charge is 0.127 e. The summed E-state index contributed by atoms with van der Waals surface area (Å²) < 4.78 is 13.6. The van der Waals surface area contributed by atoms with Gasteiger partial charge in [-0.25, -0.2) is 4.39 Å². The van der Waals surface area contributed by atoms with Gasteiger partial charge in [-0.15, -0.1) is 0 Å². The summed E-state index contributed by atoms with van der Waals surface area (Å²) in [6.07, 6.45) is 1.69. The number of piperidine rings is 1. The average molecular weight is 243 g/mol. The van der Waals surface area contributed by atoms with Gasteiger partial charge in [0.1, 0.15) is 5.82 Å². The van der Waals surface area contributed by atoms with Crippen molar-refractivity contribution < 1.29 is 4.39 Å². The first kappa shape index (κ1) is 12.5. The topological polar surface area (TPSA) is 50.8 Å². The van der Waals surface area contributed by atoms with Crippen LogP contribution in [0.4, 0.5) is 4.39 Å². The van der Waals surface area contributed by atoms with Crippen molar-refractivity contribution in [2.24, 2.45) is 5.92 Å². The lowest BCUT2D eigenvalue weighted by atomic mass is 9.98. The predicted molar refractivity (Wildman–Crippen MR) is 64.7 cm³/mol. The highest BCUT2D eigenvalue weighted by Crippen LogP contribution is 2.19. The molecule has 3 nitrogen and oxygen atoms in total. The van der Waals surface area contributed by atoms with Crippen molar-refractivity contribution in [3.8, 4) is 12.1 Å². The summed E-state index contributed by atoms with van der Waals surface area (Å²) in [5, 5.41) is 17.6. The third kappa shape index (κ3) is 2.85. The van der Waals surface area contributed by atoms with Crippen LogP contribution >= 0.6 is 0 Å². The molecule has 0 aliphatic carbocycles. The molecule has 0 unspecified atom stereocenters. The lowest BCUT2D eigenvalue weighted by Crippen LogP contribution is -2.33. The largest absolute Gasteiger partial charge is 0.299 e. The van der Waals surface area contributed by atoms with Gasteiger partial charge in [0, 0.05) is 18.0 Å². The number of hydrogen-bond acceptors (Lipinski definition) is 3. The van der Waals surface area contributed by atoms with Crippen molar-refractivity contribution in [3.63, 3.8) is 0 Å². The maximum absolute atomic E-state index is 13.6. The van der Waals surface area contributed by atoms with Crippen LogP contribution in [-0.2, 0) is 6.54 Å². The third-order valence-corrected chi connectivity index (χ3v) is 3.34. The van der Waals surface area contributed by atoms with Gasteiger partial charge in [-0.2, -0.15) is 10.5 Å². The number of hydrogen-bond donors (Lipinski definition) is 0. The Morgan fingerprint density at radius 1 is 1.28 bits per heavy atom. The maximum atomic E-state index is 13.6. The van der Waals surface area contributed by atoms with Crippen LogP contribution in [0.3, 0.4) is 0 Å². The zero-order valence-electron chi connectivity index (χ0n) is 10.1. The summed E-state index contributed by atoms with van der Waals surface area (Å²) >= 11 is 0. The lowest BCUT2D eigenvalue weighted by Gasteiger charge is -2.29. The van der Waals surface area contributed by atoms with Crippen LogP contribution in [0.25, 0.3) is 0 Å². The van der Waals surface area contributed by atoms with Gasteiger partial charge < -0.3 is 0 Å². The molecule has 1 aromatic carbocycles. The zero-order chi connectivity index (χ0) is 13.0. The highest BCUT2D eigenvalue weighted by atomic mass is 19.1. The number of nitriles is 2. The normalized spacial score (nSPS) is 17.1. The fourth-order valence-corrected chi connectivity index (χ4v) is 2.23. The Labute approximate surface area is 106 Å². The summed E-state index contributed by atoms with van der Waals surface area (Å²) in [6.45, 7) is 2.14. The standard InChI is InChI=1S/C14H14FN3/c15-14-2-1-12(9-17)7-13(14)10-18-5-3-11(8-16)4-6-18/h1-2,7,11H,3-6,10H2. The Morgan fingerprint density at radius 3 is 2.61 bits per heavy atom. The van der Waals surface area contributed by atoms with Gasteiger partial charge >= 0.3 is 0 Å². The van der Waals surface area contributed by atoms with Crippen molar-refractivity contribution in [1.82, 2.24) is 4.90 Å². The first-order valence-electron chi connectivity index (χ1n) is 6.03. The molecule has 2 rings (SSSR count). The molecule has 1 fully saturated rings. The van der Waals surface area contributed by atoms with E-state index in [1.54, 1.807) is 6.07 Å². The Bertz CT molecular complexity index is 505. The van der Waals surface area contributed by atoms with Crippen LogP contribution in [0.2, 0.25) is 0 Å². The van der Waals surface area contributed by atoms with Crippen molar-refractivity contribution in [2.45, 2.75) is 19.4 Å². The summed E-state index contributed by atoms with van der Waals surface area (Å²) in [5.74, 6) is -0.132. The third-order valence-electron chi connectivity index (χ3n) is 3.34. The number of nitrogens with zero attached hydrogens (tertiary/aromatic N) is 3. The van der Waals surface area contributed by atoms with Gasteiger partial charge in [0.05, 0.1) is 17.7 Å². The zero-order valence-corrected chi connectivity index (χ0v) is 10.1. The van der Waals surface area contributed by atoms with E-state index >= 15 is 0 Å². The van der Waals surface area contributed by atoms with Crippen LogP contribution < -0.4 is 0 Å². The molecule has 1 aromatic rings. The van der Waals surface area contributed by atoms with E-state index in [9.17, 15) is 4.39 Å². The monoisotopic (exact) mass is 243 g/mol. The van der Waals surface area contributed by atoms with E-state index in [1.807, 2.05) is 6.07 Å². The first-order chi connectivity index (χ1) is 8.72. The molecule has 1 heterocycles. The molecule has 18 heavy (non-hydrogen) atoms. The van der Waals surface area contributed by atoms with Crippen molar-refractivity contribution in [2.75, 3.05) is 13.1 Å². The molecule has 4 heteroatoms. The van der Waals surface area contributed by atoms with Gasteiger partial charge in [-0.3, -0.25) is 4.90 Å². The van der Waals surface area contributed by atoms with Crippen LogP contribution in [0.5, 0.6) is 0 Å². The number of benzene rings is 1. The first-order valence-corrected chi connectivity index (χ1v) is 6.03. The summed E-state index contributed by atoms with van der Waals surface area (Å²) in [6, 6.07) is 8.73. The minimum Gasteiger partial charge on any atom is -0.299 e. The molecule has 0 aromatic heterocycles. The molecular formula is C14H14FN3. The van der Waals surface area contributed by atoms with Crippen LogP contribution in [-0.4, -0.2) is 18.0 Å². The van der Waals surface area contributed by atoms with Crippen molar-refractivity contribution in [1.29, 1.82) is 10.5 Å². The number of likely N-dealkylation sites (tertiary alicyclic amines) is 1. The minimum absolute atomic E-state index is 0.136. The molecular weight excluding hydrogens is 229 g/mol. The van der Waals surface area contributed by atoms with Gasteiger partial charge in [0.25, 0.3) is 0 Å². The Hall–Kier alpha value is -1.91. The van der Waals surface area contributed by atoms with E-state index in [0.29, 0.717) is 17.7 Å². The molecule has 1 saturated heterocycles. The molecule has 0 N–H and O–H groups in total. The van der Waals surface area contributed by atoms with E-state index in [1.165, 1.54) is 12.1 Å². The van der Waals surface area contributed by atoms with E-state index in [2.05, 4.69) is 11.0 Å². The summed E-state index contributed by atoms with van der Waals surface area (Å²) in [5.41, 5.74) is 1.04. The molecule has 1 aliphatic heterocycles. The van der Waals surface area contributed by atoms with Crippen molar-refractivity contribution >= 4 is 0 Å². The van der Waals surface area contributed by atoms with Gasteiger partial charge in [0.2, 0.25) is 0 Å². The van der Waals surface area contributed by atoms with E-state index in [0.717, 1.165) is 25.9 Å². The maximum Gasteiger partial charge on any atom is 0.127 e. The molecule has 0 radical (unpaired) electrons. The van der Waals surface area contributed by atoms with Gasteiger partial charge in [0.15, 0.2) is 0 Å². The SMILES string of the molecule is N#Cc1ccc(F)c(CN2CCC(C#N)CC2)c1. The number of halogens is 1. The minimum atomic E-state index is -0.267. The molecule has 0 saturated carbocycles. The van der Waals surface area contributed by atoms with Crippen molar-refractivity contribution in [3.05, 3.63) is 35.1 Å². The molecule has 0 amide bonds. The highest BCUT2D eigenvalue weighted by Gasteiger charge is 2.19. The van der Waals surface area contributed by atoms with Gasteiger partial charge in [-0.1, -0.05) is 0 Å². The Morgan fingerprint density at radius 2 is 2.00 bits per heavy atom. The average Bonchev–Trinajstić information content (AvgIpc) is 2.42. The quantitative estimate of drug-likeness (QED) is 0.801. The lowest BCUT2D eigenvalue weighted by molar-refractivity contribution is 0.196. The van der Waals surface area contributed by atoms with Gasteiger partial charge in [-0.05, 0) is 44.1 Å². The molecule has 1 aliphatic rings. The van der Waals surface area contributed by atoms with E-state index in [4.69, 9.17) is 10.5 Å². The fourth-order valence-electron chi connectivity index (χ4n) is 2.23. The summed E-state index contributed by atoms with van der Waals surface area (Å²) in [7, 11) is 0. The molecule has 0 atom stereocenters.